The molecule has 0 aliphatic carbocycles. The average Bonchev–Trinajstić information content (AvgIpc) is 2.79. The molecule has 6 nitrogen and oxygen atoms in total. The van der Waals surface area contributed by atoms with Crippen molar-refractivity contribution in [2.75, 3.05) is 17.0 Å². The Morgan fingerprint density at radius 3 is 2.19 bits per heavy atom. The third kappa shape index (κ3) is 4.66. The standard InChI is InChI=1S/C23H24N2O4S2/c1-2-30(26,27)25-15-14-20-8-11-22(16-21(20)17-25)24-31(28,29)23-12-9-19(10-13-23)18-6-4-3-5-7-18/h3-13,16,24H,2,14-15,17H2,1H3. The van der Waals surface area contributed by atoms with E-state index in [0.29, 0.717) is 18.7 Å². The maximum Gasteiger partial charge on any atom is 0.261 e. The second kappa shape index (κ2) is 8.45. The van der Waals surface area contributed by atoms with E-state index in [1.54, 1.807) is 43.3 Å². The molecule has 0 saturated heterocycles. The number of rotatable bonds is 6. The summed E-state index contributed by atoms with van der Waals surface area (Å²) in [6.07, 6.45) is 0.614. The summed E-state index contributed by atoms with van der Waals surface area (Å²) in [7, 11) is -7.05. The van der Waals surface area contributed by atoms with E-state index in [2.05, 4.69) is 4.72 Å². The molecule has 0 spiro atoms. The van der Waals surface area contributed by atoms with Gasteiger partial charge >= 0.3 is 0 Å². The topological polar surface area (TPSA) is 83.6 Å². The molecule has 8 heteroatoms. The summed E-state index contributed by atoms with van der Waals surface area (Å²) in [5, 5.41) is 0. The van der Waals surface area contributed by atoms with E-state index < -0.39 is 20.0 Å². The van der Waals surface area contributed by atoms with Gasteiger partial charge in [-0.3, -0.25) is 4.72 Å². The fraction of sp³-hybridized carbons (Fsp3) is 0.217. The number of benzene rings is 3. The van der Waals surface area contributed by atoms with Gasteiger partial charge < -0.3 is 0 Å². The number of anilines is 1. The summed E-state index contributed by atoms with van der Waals surface area (Å²) in [4.78, 5) is 0.167. The number of hydrogen-bond donors (Lipinski definition) is 1. The lowest BCUT2D eigenvalue weighted by Gasteiger charge is -2.28. The SMILES string of the molecule is CCS(=O)(=O)N1CCc2ccc(NS(=O)(=O)c3ccc(-c4ccccc4)cc3)cc2C1. The molecule has 1 N–H and O–H groups in total. The molecule has 0 atom stereocenters. The molecule has 1 aliphatic rings. The first-order chi connectivity index (χ1) is 14.8. The van der Waals surface area contributed by atoms with Gasteiger partial charge in [0.2, 0.25) is 10.0 Å². The molecule has 0 saturated carbocycles. The van der Waals surface area contributed by atoms with Crippen molar-refractivity contribution in [1.82, 2.24) is 4.31 Å². The predicted octanol–water partition coefficient (Wildman–Crippen LogP) is 3.86. The Bertz CT molecular complexity index is 1290. The minimum absolute atomic E-state index is 0.0492. The fourth-order valence-electron chi connectivity index (χ4n) is 3.69. The maximum atomic E-state index is 12.9. The highest BCUT2D eigenvalue weighted by atomic mass is 32.2. The van der Waals surface area contributed by atoms with Crippen molar-refractivity contribution < 1.29 is 16.8 Å². The molecule has 0 radical (unpaired) electrons. The van der Waals surface area contributed by atoms with Crippen molar-refractivity contribution in [2.24, 2.45) is 0 Å². The zero-order chi connectivity index (χ0) is 22.1. The normalized spacial score (nSPS) is 14.7. The molecular formula is C23H24N2O4S2. The second-order valence-electron chi connectivity index (χ2n) is 7.46. The lowest BCUT2D eigenvalue weighted by atomic mass is 10.0. The summed E-state index contributed by atoms with van der Waals surface area (Å²) >= 11 is 0. The quantitative estimate of drug-likeness (QED) is 0.610. The second-order valence-corrected chi connectivity index (χ2v) is 11.4. The smallest absolute Gasteiger partial charge is 0.261 e. The van der Waals surface area contributed by atoms with Gasteiger partial charge in [-0.2, -0.15) is 4.31 Å². The zero-order valence-corrected chi connectivity index (χ0v) is 18.8. The first-order valence-corrected chi connectivity index (χ1v) is 13.2. The van der Waals surface area contributed by atoms with E-state index in [0.717, 1.165) is 22.3 Å². The van der Waals surface area contributed by atoms with Gasteiger partial charge in [-0.05, 0) is 59.9 Å². The largest absolute Gasteiger partial charge is 0.280 e. The Morgan fingerprint density at radius 2 is 1.52 bits per heavy atom. The molecule has 0 aromatic heterocycles. The summed E-state index contributed by atoms with van der Waals surface area (Å²) in [5.41, 5.74) is 4.23. The Morgan fingerprint density at radius 1 is 0.839 bits per heavy atom. The molecule has 3 aromatic rings. The lowest BCUT2D eigenvalue weighted by Crippen LogP contribution is -2.36. The van der Waals surface area contributed by atoms with E-state index in [9.17, 15) is 16.8 Å². The van der Waals surface area contributed by atoms with Crippen molar-refractivity contribution in [3.63, 3.8) is 0 Å². The first-order valence-electron chi connectivity index (χ1n) is 10.1. The highest BCUT2D eigenvalue weighted by molar-refractivity contribution is 7.92. The Kier molecular flexibility index (Phi) is 5.88. The number of nitrogens with zero attached hydrogens (tertiary/aromatic N) is 1. The minimum Gasteiger partial charge on any atom is -0.280 e. The van der Waals surface area contributed by atoms with Crippen LogP contribution in [0.5, 0.6) is 0 Å². The van der Waals surface area contributed by atoms with Crippen LogP contribution in [-0.2, 0) is 33.0 Å². The van der Waals surface area contributed by atoms with Crippen LogP contribution in [0, 0.1) is 0 Å². The van der Waals surface area contributed by atoms with Gasteiger partial charge in [-0.1, -0.05) is 48.5 Å². The van der Waals surface area contributed by atoms with Crippen molar-refractivity contribution in [3.8, 4) is 11.1 Å². The molecule has 31 heavy (non-hydrogen) atoms. The summed E-state index contributed by atoms with van der Waals surface area (Å²) in [6, 6.07) is 21.8. The number of fused-ring (bicyclic) bond motifs is 1. The zero-order valence-electron chi connectivity index (χ0n) is 17.2. The van der Waals surface area contributed by atoms with Gasteiger partial charge in [0.15, 0.2) is 0 Å². The van der Waals surface area contributed by atoms with E-state index in [-0.39, 0.29) is 17.2 Å². The van der Waals surface area contributed by atoms with Crippen LogP contribution in [0.15, 0.2) is 77.7 Å². The Balaban J connectivity index is 1.55. The number of hydrogen-bond acceptors (Lipinski definition) is 4. The van der Waals surface area contributed by atoms with Gasteiger partial charge in [0.1, 0.15) is 0 Å². The number of nitrogens with one attached hydrogen (secondary N) is 1. The van der Waals surface area contributed by atoms with Crippen LogP contribution < -0.4 is 4.72 Å². The highest BCUT2D eigenvalue weighted by Gasteiger charge is 2.25. The molecule has 162 valence electrons. The first kappa shape index (κ1) is 21.5. The molecule has 3 aromatic carbocycles. The minimum atomic E-state index is -3.77. The lowest BCUT2D eigenvalue weighted by molar-refractivity contribution is 0.392. The third-order valence-corrected chi connectivity index (χ3v) is 8.69. The van der Waals surface area contributed by atoms with Crippen LogP contribution in [0.3, 0.4) is 0 Å². The molecule has 0 amide bonds. The molecule has 1 aliphatic heterocycles. The monoisotopic (exact) mass is 456 g/mol. The Hall–Kier alpha value is -2.68. The Labute approximate surface area is 183 Å². The molecule has 0 fully saturated rings. The van der Waals surface area contributed by atoms with Crippen LogP contribution >= 0.6 is 0 Å². The predicted molar refractivity (Wildman–Crippen MR) is 123 cm³/mol. The van der Waals surface area contributed by atoms with Gasteiger partial charge in [0, 0.05) is 18.8 Å². The molecule has 1 heterocycles. The molecule has 0 unspecified atom stereocenters. The van der Waals surface area contributed by atoms with Crippen molar-refractivity contribution in [1.29, 1.82) is 0 Å². The van der Waals surface area contributed by atoms with Gasteiger partial charge in [-0.25, -0.2) is 16.8 Å². The fourth-order valence-corrected chi connectivity index (χ4v) is 5.81. The summed E-state index contributed by atoms with van der Waals surface area (Å²) < 4.78 is 54.2. The van der Waals surface area contributed by atoms with E-state index >= 15 is 0 Å². The van der Waals surface area contributed by atoms with Crippen LogP contribution in [0.25, 0.3) is 11.1 Å². The van der Waals surface area contributed by atoms with Crippen LogP contribution in [0.1, 0.15) is 18.1 Å². The third-order valence-electron chi connectivity index (χ3n) is 5.47. The van der Waals surface area contributed by atoms with Crippen LogP contribution in [0.2, 0.25) is 0 Å². The van der Waals surface area contributed by atoms with Gasteiger partial charge in [0.05, 0.1) is 10.6 Å². The van der Waals surface area contributed by atoms with Crippen LogP contribution in [0.4, 0.5) is 5.69 Å². The van der Waals surface area contributed by atoms with E-state index in [1.165, 1.54) is 4.31 Å². The van der Waals surface area contributed by atoms with Crippen molar-refractivity contribution in [2.45, 2.75) is 24.8 Å². The summed E-state index contributed by atoms with van der Waals surface area (Å²) in [6.45, 7) is 2.33. The highest BCUT2D eigenvalue weighted by Crippen LogP contribution is 2.27. The molecular weight excluding hydrogens is 432 g/mol. The van der Waals surface area contributed by atoms with Crippen LogP contribution in [-0.4, -0.2) is 33.4 Å². The van der Waals surface area contributed by atoms with Gasteiger partial charge in [-0.15, -0.1) is 0 Å². The van der Waals surface area contributed by atoms with Gasteiger partial charge in [0.25, 0.3) is 10.0 Å². The van der Waals surface area contributed by atoms with Crippen molar-refractivity contribution >= 4 is 25.7 Å². The maximum absolute atomic E-state index is 12.9. The molecule has 4 rings (SSSR count). The number of sulfonamides is 2. The summed E-state index contributed by atoms with van der Waals surface area (Å²) in [5.74, 6) is 0.0492. The van der Waals surface area contributed by atoms with Crippen molar-refractivity contribution in [3.05, 3.63) is 83.9 Å². The van der Waals surface area contributed by atoms with E-state index in [4.69, 9.17) is 0 Å². The molecule has 0 bridgehead atoms. The van der Waals surface area contributed by atoms with E-state index in [1.807, 2.05) is 36.4 Å². The average molecular weight is 457 g/mol.